The second kappa shape index (κ2) is 4.43. The van der Waals surface area contributed by atoms with Crippen molar-refractivity contribution in [2.75, 3.05) is 11.4 Å². The molecule has 0 amide bonds. The van der Waals surface area contributed by atoms with Gasteiger partial charge in [0, 0.05) is 12.6 Å². The number of rotatable bonds is 2. The van der Waals surface area contributed by atoms with Crippen molar-refractivity contribution in [1.29, 1.82) is 0 Å². The summed E-state index contributed by atoms with van der Waals surface area (Å²) in [6.07, 6.45) is -2.74. The molecular weight excluding hydrogens is 251 g/mol. The molecule has 5 nitrogen and oxygen atoms in total. The van der Waals surface area contributed by atoms with E-state index >= 15 is 0 Å². The third-order valence-electron chi connectivity index (χ3n) is 2.78. The fraction of sp³-hybridized carbons (Fsp3) is 0.500. The first-order chi connectivity index (χ1) is 8.39. The highest BCUT2D eigenvalue weighted by atomic mass is 19.4. The molecule has 1 saturated heterocycles. The van der Waals surface area contributed by atoms with Gasteiger partial charge in [0.2, 0.25) is 0 Å². The lowest BCUT2D eigenvalue weighted by Gasteiger charge is -2.22. The molecule has 0 spiro atoms. The van der Waals surface area contributed by atoms with E-state index in [-0.39, 0.29) is 5.82 Å². The second-order valence-corrected chi connectivity index (χ2v) is 3.95. The van der Waals surface area contributed by atoms with E-state index in [1.165, 1.54) is 4.90 Å². The molecule has 1 aromatic rings. The number of aromatic nitrogens is 2. The topological polar surface area (TPSA) is 66.3 Å². The van der Waals surface area contributed by atoms with E-state index < -0.39 is 23.9 Å². The lowest BCUT2D eigenvalue weighted by Crippen LogP contribution is -2.36. The molecular formula is C10H10F3N3O2. The number of aliphatic carboxylic acids is 1. The molecule has 0 aliphatic carbocycles. The Bertz CT molecular complexity index is 464. The van der Waals surface area contributed by atoms with Crippen molar-refractivity contribution in [3.8, 4) is 0 Å². The fourth-order valence-corrected chi connectivity index (χ4v) is 1.96. The summed E-state index contributed by atoms with van der Waals surface area (Å²) in [5, 5.41) is 8.97. The van der Waals surface area contributed by atoms with Crippen molar-refractivity contribution in [1.82, 2.24) is 9.97 Å². The molecule has 0 unspecified atom stereocenters. The zero-order valence-corrected chi connectivity index (χ0v) is 9.18. The van der Waals surface area contributed by atoms with E-state index in [2.05, 4.69) is 9.97 Å². The summed E-state index contributed by atoms with van der Waals surface area (Å²) in [7, 11) is 0. The smallest absolute Gasteiger partial charge is 0.433 e. The van der Waals surface area contributed by atoms with Gasteiger partial charge in [-0.1, -0.05) is 0 Å². The van der Waals surface area contributed by atoms with Gasteiger partial charge in [0.05, 0.1) is 0 Å². The van der Waals surface area contributed by atoms with Gasteiger partial charge >= 0.3 is 12.1 Å². The minimum Gasteiger partial charge on any atom is -0.480 e. The normalized spacial score (nSPS) is 20.2. The first kappa shape index (κ1) is 12.6. The maximum absolute atomic E-state index is 12.5. The van der Waals surface area contributed by atoms with Crippen molar-refractivity contribution in [2.45, 2.75) is 25.1 Å². The number of nitrogens with zero attached hydrogens (tertiary/aromatic N) is 3. The van der Waals surface area contributed by atoms with Gasteiger partial charge in [0.1, 0.15) is 23.9 Å². The summed E-state index contributed by atoms with van der Waals surface area (Å²) >= 11 is 0. The summed E-state index contributed by atoms with van der Waals surface area (Å²) in [4.78, 5) is 19.2. The average molecular weight is 261 g/mol. The van der Waals surface area contributed by atoms with Crippen LogP contribution >= 0.6 is 0 Å². The number of carboxylic acids is 1. The maximum atomic E-state index is 12.5. The van der Waals surface area contributed by atoms with Crippen LogP contribution in [0.25, 0.3) is 0 Å². The Balaban J connectivity index is 2.31. The van der Waals surface area contributed by atoms with Gasteiger partial charge in [0.25, 0.3) is 0 Å². The first-order valence-corrected chi connectivity index (χ1v) is 5.28. The molecule has 0 radical (unpaired) electrons. The Hall–Kier alpha value is -1.86. The fourth-order valence-electron chi connectivity index (χ4n) is 1.96. The molecule has 0 aromatic carbocycles. The third kappa shape index (κ3) is 2.36. The van der Waals surface area contributed by atoms with Gasteiger partial charge in [-0.25, -0.2) is 14.8 Å². The van der Waals surface area contributed by atoms with Gasteiger partial charge in [-0.15, -0.1) is 0 Å². The van der Waals surface area contributed by atoms with Crippen LogP contribution in [0.2, 0.25) is 0 Å². The van der Waals surface area contributed by atoms with Crippen LogP contribution in [0, 0.1) is 0 Å². The highest BCUT2D eigenvalue weighted by Crippen LogP contribution is 2.31. The molecule has 1 fully saturated rings. The molecule has 2 rings (SSSR count). The Morgan fingerprint density at radius 3 is 2.78 bits per heavy atom. The molecule has 8 heteroatoms. The Labute approximate surface area is 100 Å². The van der Waals surface area contributed by atoms with Gasteiger partial charge < -0.3 is 10.0 Å². The molecule has 98 valence electrons. The molecule has 0 bridgehead atoms. The van der Waals surface area contributed by atoms with Crippen molar-refractivity contribution < 1.29 is 23.1 Å². The number of hydrogen-bond donors (Lipinski definition) is 1. The Morgan fingerprint density at radius 2 is 2.17 bits per heavy atom. The first-order valence-electron chi connectivity index (χ1n) is 5.28. The van der Waals surface area contributed by atoms with Crippen molar-refractivity contribution in [3.63, 3.8) is 0 Å². The SMILES string of the molecule is O=C(O)[C@@H]1CCCN1c1cc(C(F)(F)F)ncn1. The summed E-state index contributed by atoms with van der Waals surface area (Å²) in [5.41, 5.74) is -1.07. The molecule has 1 N–H and O–H groups in total. The molecule has 1 aliphatic heterocycles. The largest absolute Gasteiger partial charge is 0.480 e. The van der Waals surface area contributed by atoms with Crippen molar-refractivity contribution in [3.05, 3.63) is 18.1 Å². The van der Waals surface area contributed by atoms with Gasteiger partial charge in [-0.05, 0) is 12.8 Å². The quantitative estimate of drug-likeness (QED) is 0.874. The van der Waals surface area contributed by atoms with Gasteiger partial charge in [-0.3, -0.25) is 0 Å². The third-order valence-corrected chi connectivity index (χ3v) is 2.78. The van der Waals surface area contributed by atoms with E-state index in [0.29, 0.717) is 19.4 Å². The van der Waals surface area contributed by atoms with Crippen LogP contribution in [0.4, 0.5) is 19.0 Å². The molecule has 1 aliphatic rings. The summed E-state index contributed by atoms with van der Waals surface area (Å²) < 4.78 is 37.5. The van der Waals surface area contributed by atoms with Crippen LogP contribution < -0.4 is 4.90 Å². The van der Waals surface area contributed by atoms with Crippen LogP contribution in [-0.4, -0.2) is 33.6 Å². The van der Waals surface area contributed by atoms with Gasteiger partial charge in [0.15, 0.2) is 0 Å². The van der Waals surface area contributed by atoms with E-state index in [9.17, 15) is 18.0 Å². The Morgan fingerprint density at radius 1 is 1.44 bits per heavy atom. The minimum absolute atomic E-state index is 0.00206. The predicted octanol–water partition coefficient (Wildman–Crippen LogP) is 1.55. The summed E-state index contributed by atoms with van der Waals surface area (Å²) in [5.74, 6) is -1.05. The number of carboxylic acid groups (broad SMARTS) is 1. The predicted molar refractivity (Wildman–Crippen MR) is 55.0 cm³/mol. The monoisotopic (exact) mass is 261 g/mol. The number of anilines is 1. The zero-order chi connectivity index (χ0) is 13.3. The average Bonchev–Trinajstić information content (AvgIpc) is 2.77. The van der Waals surface area contributed by atoms with E-state index in [0.717, 1.165) is 12.4 Å². The summed E-state index contributed by atoms with van der Waals surface area (Å²) in [6, 6.07) is -0.0395. The second-order valence-electron chi connectivity index (χ2n) is 3.95. The molecule has 1 aromatic heterocycles. The van der Waals surface area contributed by atoms with Crippen LogP contribution in [0.5, 0.6) is 0 Å². The summed E-state index contributed by atoms with van der Waals surface area (Å²) in [6.45, 7) is 0.380. The maximum Gasteiger partial charge on any atom is 0.433 e. The lowest BCUT2D eigenvalue weighted by atomic mass is 10.2. The van der Waals surface area contributed by atoms with Gasteiger partial charge in [-0.2, -0.15) is 13.2 Å². The number of alkyl halides is 3. The zero-order valence-electron chi connectivity index (χ0n) is 9.18. The van der Waals surface area contributed by atoms with Crippen LogP contribution in [-0.2, 0) is 11.0 Å². The highest BCUT2D eigenvalue weighted by Gasteiger charge is 2.36. The lowest BCUT2D eigenvalue weighted by molar-refractivity contribution is -0.141. The van der Waals surface area contributed by atoms with Crippen LogP contribution in [0.15, 0.2) is 12.4 Å². The minimum atomic E-state index is -4.56. The Kier molecular flexibility index (Phi) is 3.10. The van der Waals surface area contributed by atoms with E-state index in [4.69, 9.17) is 5.11 Å². The van der Waals surface area contributed by atoms with Crippen molar-refractivity contribution >= 4 is 11.8 Å². The number of carbonyl (C=O) groups is 1. The standard InChI is InChI=1S/C10H10F3N3O2/c11-10(12,13)7-4-8(15-5-14-7)16-3-1-2-6(16)9(17)18/h4-6H,1-3H2,(H,17,18)/t6-/m0/s1. The number of halogens is 3. The van der Waals surface area contributed by atoms with E-state index in [1.54, 1.807) is 0 Å². The highest BCUT2D eigenvalue weighted by molar-refractivity contribution is 5.78. The number of hydrogen-bond acceptors (Lipinski definition) is 4. The van der Waals surface area contributed by atoms with Crippen molar-refractivity contribution in [2.24, 2.45) is 0 Å². The molecule has 1 atom stereocenters. The van der Waals surface area contributed by atoms with E-state index in [1.807, 2.05) is 0 Å². The molecule has 0 saturated carbocycles. The van der Waals surface area contributed by atoms with Crippen LogP contribution in [0.1, 0.15) is 18.5 Å². The molecule has 2 heterocycles. The molecule has 18 heavy (non-hydrogen) atoms. The van der Waals surface area contributed by atoms with Crippen LogP contribution in [0.3, 0.4) is 0 Å².